The summed E-state index contributed by atoms with van der Waals surface area (Å²) in [7, 11) is 1.83. The molecule has 2 aromatic carbocycles. The van der Waals surface area contributed by atoms with Crippen LogP contribution in [0.2, 0.25) is 5.02 Å². The van der Waals surface area contributed by atoms with Gasteiger partial charge in [0, 0.05) is 16.1 Å². The quantitative estimate of drug-likeness (QED) is 0.482. The van der Waals surface area contributed by atoms with Gasteiger partial charge in [-0.05, 0) is 48.5 Å². The van der Waals surface area contributed by atoms with Crippen LogP contribution in [0.3, 0.4) is 0 Å². The molecule has 1 aromatic heterocycles. The number of ketones is 1. The Labute approximate surface area is 160 Å². The molecule has 25 heavy (non-hydrogen) atoms. The molecule has 2 N–H and O–H groups in total. The van der Waals surface area contributed by atoms with E-state index in [4.69, 9.17) is 17.3 Å². The fourth-order valence-corrected chi connectivity index (χ4v) is 2.64. The van der Waals surface area contributed by atoms with Crippen molar-refractivity contribution in [3.8, 4) is 11.3 Å². The van der Waals surface area contributed by atoms with E-state index >= 15 is 0 Å². The number of carbonyl (C=O) groups excluding carboxylic acids is 1. The smallest absolute Gasteiger partial charge is 0.355 e. The lowest BCUT2D eigenvalue weighted by Crippen LogP contribution is -3.00. The van der Waals surface area contributed by atoms with Crippen LogP contribution in [-0.2, 0) is 13.6 Å². The molecule has 0 saturated heterocycles. The number of imidazole rings is 1. The largest absolute Gasteiger partial charge is 1.00 e. The van der Waals surface area contributed by atoms with E-state index in [1.807, 2.05) is 25.4 Å². The summed E-state index contributed by atoms with van der Waals surface area (Å²) in [5.41, 5.74) is 8.37. The summed E-state index contributed by atoms with van der Waals surface area (Å²) in [5, 5.41) is 0.653. The first kappa shape index (κ1) is 19.1. The van der Waals surface area contributed by atoms with Gasteiger partial charge in [-0.3, -0.25) is 10.5 Å². The second-order valence-electron chi connectivity index (χ2n) is 5.50. The zero-order valence-corrected chi connectivity index (χ0v) is 15.8. The number of nitrogens with zero attached hydrogens (tertiary/aromatic N) is 2. The predicted molar refractivity (Wildman–Crippen MR) is 91.2 cm³/mol. The number of Topliss-reactive ketones (excluding diaryl/α,β-unsaturated/α-hetero) is 1. The Morgan fingerprint density at radius 1 is 1.16 bits per heavy atom. The normalized spacial score (nSPS) is 10.4. The van der Waals surface area contributed by atoms with Gasteiger partial charge in [-0.1, -0.05) is 11.6 Å². The highest BCUT2D eigenvalue weighted by Gasteiger charge is 2.20. The molecule has 1 heterocycles. The Balaban J connectivity index is 0.00000225. The summed E-state index contributed by atoms with van der Waals surface area (Å²) in [6, 6.07) is 12.9. The van der Waals surface area contributed by atoms with E-state index < -0.39 is 0 Å². The zero-order chi connectivity index (χ0) is 17.3. The van der Waals surface area contributed by atoms with E-state index in [9.17, 15) is 9.18 Å². The number of hydrogen-bond acceptors (Lipinski definition) is 2. The van der Waals surface area contributed by atoms with Crippen molar-refractivity contribution in [3.63, 3.8) is 0 Å². The lowest BCUT2D eigenvalue weighted by molar-refractivity contribution is -0.667. The van der Waals surface area contributed by atoms with Crippen LogP contribution in [0.15, 0.2) is 54.7 Å². The van der Waals surface area contributed by atoms with Gasteiger partial charge < -0.3 is 17.0 Å². The summed E-state index contributed by atoms with van der Waals surface area (Å²) in [4.78, 5) is 12.4. The third-order valence-corrected chi connectivity index (χ3v) is 4.15. The van der Waals surface area contributed by atoms with E-state index in [1.54, 1.807) is 21.3 Å². The topological polar surface area (TPSA) is 51.9 Å². The molecule has 0 bridgehead atoms. The fourth-order valence-electron chi connectivity index (χ4n) is 2.51. The minimum absolute atomic E-state index is 0. The van der Waals surface area contributed by atoms with Gasteiger partial charge in [0.15, 0.2) is 5.78 Å². The molecule has 3 rings (SSSR count). The third-order valence-electron chi connectivity index (χ3n) is 3.90. The fraction of sp³-hybridized carbons (Fsp3) is 0.111. The lowest BCUT2D eigenvalue weighted by atomic mass is 10.1. The Hall–Kier alpha value is -2.18. The number of hydrogen-bond donors (Lipinski definition) is 1. The first-order valence-corrected chi connectivity index (χ1v) is 7.73. The molecule has 0 saturated carbocycles. The molecule has 0 atom stereocenters. The van der Waals surface area contributed by atoms with Crippen LogP contribution in [-0.4, -0.2) is 10.4 Å². The minimum Gasteiger partial charge on any atom is -1.00 e. The molecular formula is C18H16BrClFN3O. The second-order valence-corrected chi connectivity index (χ2v) is 5.93. The van der Waals surface area contributed by atoms with Gasteiger partial charge in [0.25, 0.3) is 0 Å². The van der Waals surface area contributed by atoms with Gasteiger partial charge in [0.05, 0.1) is 7.05 Å². The maximum absolute atomic E-state index is 13.0. The van der Waals surface area contributed by atoms with Crippen LogP contribution in [0, 0.1) is 5.82 Å². The summed E-state index contributed by atoms with van der Waals surface area (Å²) < 4.78 is 16.4. The Bertz CT molecular complexity index is 892. The van der Waals surface area contributed by atoms with Crippen molar-refractivity contribution in [3.05, 3.63) is 71.1 Å². The van der Waals surface area contributed by atoms with Gasteiger partial charge >= 0.3 is 5.95 Å². The molecule has 7 heteroatoms. The molecule has 0 aliphatic rings. The van der Waals surface area contributed by atoms with Crippen LogP contribution in [0.1, 0.15) is 10.4 Å². The summed E-state index contributed by atoms with van der Waals surface area (Å²) in [6.45, 7) is 0.0822. The van der Waals surface area contributed by atoms with E-state index in [0.717, 1.165) is 11.3 Å². The molecule has 0 radical (unpaired) electrons. The maximum Gasteiger partial charge on any atom is 0.355 e. The van der Waals surface area contributed by atoms with E-state index in [0.29, 0.717) is 16.5 Å². The summed E-state index contributed by atoms with van der Waals surface area (Å²) >= 11 is 5.92. The minimum atomic E-state index is -0.372. The van der Waals surface area contributed by atoms with Crippen molar-refractivity contribution in [2.45, 2.75) is 6.54 Å². The van der Waals surface area contributed by atoms with Crippen molar-refractivity contribution in [2.24, 2.45) is 7.05 Å². The molecule has 0 aliphatic carbocycles. The molecule has 0 amide bonds. The van der Waals surface area contributed by atoms with E-state index in [1.165, 1.54) is 24.3 Å². The van der Waals surface area contributed by atoms with Gasteiger partial charge in [-0.25, -0.2) is 13.5 Å². The lowest BCUT2D eigenvalue weighted by Gasteiger charge is -2.00. The SMILES string of the molecule is Cn1c(-c2ccc(Cl)cc2)c[n+](CC(=O)c2ccc(F)cc2)c1N.[Br-]. The molecule has 0 unspecified atom stereocenters. The second kappa shape index (κ2) is 7.80. The molecule has 0 aliphatic heterocycles. The van der Waals surface area contributed by atoms with Crippen LogP contribution in [0.5, 0.6) is 0 Å². The molecule has 4 nitrogen and oxygen atoms in total. The molecule has 0 fully saturated rings. The van der Waals surface area contributed by atoms with E-state index in [2.05, 4.69) is 0 Å². The molecular weight excluding hydrogens is 409 g/mol. The molecule has 0 spiro atoms. The van der Waals surface area contributed by atoms with Gasteiger partial charge in [-0.2, -0.15) is 0 Å². The number of aromatic nitrogens is 2. The van der Waals surface area contributed by atoms with Crippen molar-refractivity contribution >= 4 is 23.3 Å². The van der Waals surface area contributed by atoms with Crippen LogP contribution in [0.25, 0.3) is 11.3 Å². The number of anilines is 1. The first-order chi connectivity index (χ1) is 11.5. The average molecular weight is 425 g/mol. The van der Waals surface area contributed by atoms with E-state index in [-0.39, 0.29) is 35.1 Å². The van der Waals surface area contributed by atoms with Gasteiger partial charge in [-0.15, -0.1) is 0 Å². The van der Waals surface area contributed by atoms with Gasteiger partial charge in [0.2, 0.25) is 0 Å². The van der Waals surface area contributed by atoms with Crippen LogP contribution < -0.4 is 27.3 Å². The highest BCUT2D eigenvalue weighted by Crippen LogP contribution is 2.22. The third kappa shape index (κ3) is 4.08. The summed E-state index contributed by atoms with van der Waals surface area (Å²) in [5.74, 6) is -0.0566. The van der Waals surface area contributed by atoms with Crippen molar-refractivity contribution in [2.75, 3.05) is 5.73 Å². The molecule has 130 valence electrons. The Morgan fingerprint density at radius 2 is 1.76 bits per heavy atom. The standard InChI is InChI=1S/C18H15ClFN3O.BrH/c1-22-16(12-2-6-14(19)7-3-12)10-23(18(22)21)11-17(24)13-4-8-15(20)9-5-13;/h2-10,21H,11H2,1H3;1H. The monoisotopic (exact) mass is 423 g/mol. The Morgan fingerprint density at radius 3 is 2.36 bits per heavy atom. The van der Waals surface area contributed by atoms with Crippen molar-refractivity contribution < 1.29 is 30.7 Å². The van der Waals surface area contributed by atoms with Gasteiger partial charge in [0.1, 0.15) is 24.3 Å². The van der Waals surface area contributed by atoms with Crippen LogP contribution in [0.4, 0.5) is 10.3 Å². The van der Waals surface area contributed by atoms with Crippen molar-refractivity contribution in [1.29, 1.82) is 0 Å². The summed E-state index contributed by atoms with van der Waals surface area (Å²) in [6.07, 6.45) is 1.82. The number of halogens is 3. The van der Waals surface area contributed by atoms with Crippen molar-refractivity contribution in [1.82, 2.24) is 4.57 Å². The van der Waals surface area contributed by atoms with Crippen LogP contribution >= 0.6 is 11.6 Å². The zero-order valence-electron chi connectivity index (χ0n) is 13.4. The Kier molecular flexibility index (Phi) is 5.98. The predicted octanol–water partition coefficient (Wildman–Crippen LogP) is 0.241. The highest BCUT2D eigenvalue weighted by molar-refractivity contribution is 6.30. The number of carbonyl (C=O) groups is 1. The number of nitrogen functional groups attached to an aromatic ring is 1. The number of nitrogens with two attached hydrogens (primary N) is 1. The first-order valence-electron chi connectivity index (χ1n) is 7.35. The number of rotatable bonds is 4. The maximum atomic E-state index is 13.0. The highest BCUT2D eigenvalue weighted by atomic mass is 79.9. The molecule has 3 aromatic rings. The number of benzene rings is 2. The average Bonchev–Trinajstić information content (AvgIpc) is 2.85.